The van der Waals surface area contributed by atoms with Crippen molar-refractivity contribution < 1.29 is 0 Å². The molecule has 1 aromatic heterocycles. The van der Waals surface area contributed by atoms with Crippen LogP contribution in [0.25, 0.3) is 0 Å². The van der Waals surface area contributed by atoms with Gasteiger partial charge in [-0.2, -0.15) is 0 Å². The zero-order chi connectivity index (χ0) is 13.7. The van der Waals surface area contributed by atoms with Gasteiger partial charge in [0.2, 0.25) is 0 Å². The Morgan fingerprint density at radius 3 is 2.74 bits per heavy atom. The zero-order valence-electron chi connectivity index (χ0n) is 11.9. The van der Waals surface area contributed by atoms with Crippen LogP contribution in [0.1, 0.15) is 33.1 Å². The lowest BCUT2D eigenvalue weighted by atomic mass is 10.1. The van der Waals surface area contributed by atoms with Gasteiger partial charge in [0.15, 0.2) is 5.82 Å². The summed E-state index contributed by atoms with van der Waals surface area (Å²) in [6.07, 6.45) is 6.81. The van der Waals surface area contributed by atoms with Crippen LogP contribution in [0.3, 0.4) is 0 Å². The van der Waals surface area contributed by atoms with Crippen molar-refractivity contribution in [3.05, 3.63) is 22.7 Å². The van der Waals surface area contributed by atoms with E-state index in [1.54, 1.807) is 17.0 Å². The SMILES string of the molecule is CCCNC1CCN(c2nccn(CC)c2=O)CC1. The third-order valence-electron chi connectivity index (χ3n) is 3.71. The first kappa shape index (κ1) is 14.1. The van der Waals surface area contributed by atoms with Crippen molar-refractivity contribution in [1.29, 1.82) is 0 Å². The monoisotopic (exact) mass is 264 g/mol. The molecule has 2 heterocycles. The van der Waals surface area contributed by atoms with Gasteiger partial charge in [0.25, 0.3) is 5.56 Å². The lowest BCUT2D eigenvalue weighted by molar-refractivity contribution is 0.413. The maximum atomic E-state index is 12.2. The summed E-state index contributed by atoms with van der Waals surface area (Å²) >= 11 is 0. The van der Waals surface area contributed by atoms with Gasteiger partial charge in [-0.1, -0.05) is 6.92 Å². The fourth-order valence-corrected chi connectivity index (χ4v) is 2.55. The molecule has 0 unspecified atom stereocenters. The smallest absolute Gasteiger partial charge is 0.293 e. The summed E-state index contributed by atoms with van der Waals surface area (Å²) in [5, 5.41) is 3.55. The van der Waals surface area contributed by atoms with Crippen molar-refractivity contribution in [2.45, 2.75) is 45.7 Å². The fourth-order valence-electron chi connectivity index (χ4n) is 2.55. The van der Waals surface area contributed by atoms with Crippen molar-refractivity contribution in [2.24, 2.45) is 0 Å². The van der Waals surface area contributed by atoms with Crippen LogP contribution in [-0.2, 0) is 6.54 Å². The summed E-state index contributed by atoms with van der Waals surface area (Å²) in [6.45, 7) is 7.77. The van der Waals surface area contributed by atoms with Gasteiger partial charge in [-0.25, -0.2) is 4.98 Å². The van der Waals surface area contributed by atoms with Crippen LogP contribution in [-0.4, -0.2) is 35.2 Å². The van der Waals surface area contributed by atoms with Crippen LogP contribution in [0.5, 0.6) is 0 Å². The molecule has 1 aromatic rings. The van der Waals surface area contributed by atoms with E-state index in [9.17, 15) is 4.79 Å². The lowest BCUT2D eigenvalue weighted by Gasteiger charge is -2.32. The number of anilines is 1. The molecule has 1 aliphatic rings. The molecule has 0 radical (unpaired) electrons. The third-order valence-corrected chi connectivity index (χ3v) is 3.71. The molecule has 0 spiro atoms. The highest BCUT2D eigenvalue weighted by Crippen LogP contribution is 2.14. The topological polar surface area (TPSA) is 50.2 Å². The van der Waals surface area contributed by atoms with E-state index in [1.807, 2.05) is 6.92 Å². The van der Waals surface area contributed by atoms with Gasteiger partial charge in [-0.15, -0.1) is 0 Å². The van der Waals surface area contributed by atoms with E-state index in [0.717, 1.165) is 32.5 Å². The standard InChI is InChI=1S/C14H24N4O/c1-3-7-15-12-5-9-18(10-6-12)13-14(19)17(4-2)11-8-16-13/h8,11-12,15H,3-7,9-10H2,1-2H3. The van der Waals surface area contributed by atoms with Crippen molar-refractivity contribution in [3.8, 4) is 0 Å². The van der Waals surface area contributed by atoms with E-state index >= 15 is 0 Å². The van der Waals surface area contributed by atoms with E-state index in [1.165, 1.54) is 6.42 Å². The van der Waals surface area contributed by atoms with Crippen molar-refractivity contribution in [2.75, 3.05) is 24.5 Å². The molecule has 0 bridgehead atoms. The van der Waals surface area contributed by atoms with Crippen LogP contribution in [0, 0.1) is 0 Å². The molecule has 0 amide bonds. The first-order valence-corrected chi connectivity index (χ1v) is 7.30. The quantitative estimate of drug-likeness (QED) is 0.869. The molecule has 1 aliphatic heterocycles. The van der Waals surface area contributed by atoms with Gasteiger partial charge in [0, 0.05) is 38.1 Å². The average molecular weight is 264 g/mol. The maximum absolute atomic E-state index is 12.2. The molecule has 1 N–H and O–H groups in total. The Labute approximate surface area is 114 Å². The van der Waals surface area contributed by atoms with Crippen molar-refractivity contribution in [1.82, 2.24) is 14.9 Å². The van der Waals surface area contributed by atoms with Gasteiger partial charge in [0.05, 0.1) is 0 Å². The minimum atomic E-state index is 0.0324. The predicted molar refractivity (Wildman–Crippen MR) is 77.7 cm³/mol. The Hall–Kier alpha value is -1.36. The molecule has 1 fully saturated rings. The molecule has 0 atom stereocenters. The summed E-state index contributed by atoms with van der Waals surface area (Å²) in [4.78, 5) is 18.6. The molecule has 19 heavy (non-hydrogen) atoms. The number of aromatic nitrogens is 2. The summed E-state index contributed by atoms with van der Waals surface area (Å²) < 4.78 is 1.71. The first-order chi connectivity index (χ1) is 9.26. The molecular weight excluding hydrogens is 240 g/mol. The first-order valence-electron chi connectivity index (χ1n) is 7.30. The number of aryl methyl sites for hydroxylation is 1. The zero-order valence-corrected chi connectivity index (χ0v) is 11.9. The summed E-state index contributed by atoms with van der Waals surface area (Å²) in [7, 11) is 0. The second kappa shape index (κ2) is 6.70. The van der Waals surface area contributed by atoms with E-state index in [2.05, 4.69) is 22.1 Å². The molecule has 0 saturated carbocycles. The second-order valence-electron chi connectivity index (χ2n) is 5.06. The Kier molecular flexibility index (Phi) is 4.96. The van der Waals surface area contributed by atoms with Crippen LogP contribution in [0.4, 0.5) is 5.82 Å². The molecular formula is C14H24N4O. The van der Waals surface area contributed by atoms with Crippen molar-refractivity contribution >= 4 is 5.82 Å². The highest BCUT2D eigenvalue weighted by Gasteiger charge is 2.21. The highest BCUT2D eigenvalue weighted by molar-refractivity contribution is 5.36. The molecule has 2 rings (SSSR count). The van der Waals surface area contributed by atoms with E-state index < -0.39 is 0 Å². The Bertz CT molecular complexity index is 449. The predicted octanol–water partition coefficient (Wildman–Crippen LogP) is 1.23. The average Bonchev–Trinajstić information content (AvgIpc) is 2.46. The fraction of sp³-hybridized carbons (Fsp3) is 0.714. The number of piperidine rings is 1. The summed E-state index contributed by atoms with van der Waals surface area (Å²) in [6, 6.07) is 0.591. The Morgan fingerprint density at radius 1 is 1.37 bits per heavy atom. The van der Waals surface area contributed by atoms with Crippen LogP contribution in [0.2, 0.25) is 0 Å². The van der Waals surface area contributed by atoms with Crippen LogP contribution >= 0.6 is 0 Å². The number of hydrogen-bond donors (Lipinski definition) is 1. The number of nitrogens with one attached hydrogen (secondary N) is 1. The number of rotatable bonds is 5. The van der Waals surface area contributed by atoms with Gasteiger partial charge in [0.1, 0.15) is 0 Å². The highest BCUT2D eigenvalue weighted by atomic mass is 16.1. The third kappa shape index (κ3) is 3.35. The number of nitrogens with zero attached hydrogens (tertiary/aromatic N) is 3. The van der Waals surface area contributed by atoms with E-state index in [4.69, 9.17) is 0 Å². The Balaban J connectivity index is 2.00. The lowest BCUT2D eigenvalue weighted by Crippen LogP contribution is -2.45. The minimum Gasteiger partial charge on any atom is -0.352 e. The molecule has 106 valence electrons. The molecule has 5 heteroatoms. The molecule has 1 saturated heterocycles. The summed E-state index contributed by atoms with van der Waals surface area (Å²) in [5.74, 6) is 0.610. The second-order valence-corrected chi connectivity index (χ2v) is 5.06. The molecule has 0 aliphatic carbocycles. The number of hydrogen-bond acceptors (Lipinski definition) is 4. The normalized spacial score (nSPS) is 16.8. The maximum Gasteiger partial charge on any atom is 0.293 e. The van der Waals surface area contributed by atoms with Crippen LogP contribution < -0.4 is 15.8 Å². The summed E-state index contributed by atoms with van der Waals surface area (Å²) in [5.41, 5.74) is 0.0324. The largest absolute Gasteiger partial charge is 0.352 e. The van der Waals surface area contributed by atoms with Gasteiger partial charge < -0.3 is 14.8 Å². The molecule has 5 nitrogen and oxygen atoms in total. The minimum absolute atomic E-state index is 0.0324. The Morgan fingerprint density at radius 2 is 2.11 bits per heavy atom. The van der Waals surface area contributed by atoms with Crippen LogP contribution in [0.15, 0.2) is 17.2 Å². The van der Waals surface area contributed by atoms with Gasteiger partial charge in [-0.05, 0) is 32.7 Å². The van der Waals surface area contributed by atoms with Crippen molar-refractivity contribution in [3.63, 3.8) is 0 Å². The van der Waals surface area contributed by atoms with E-state index in [-0.39, 0.29) is 5.56 Å². The van der Waals surface area contributed by atoms with Gasteiger partial charge in [-0.3, -0.25) is 4.79 Å². The van der Waals surface area contributed by atoms with E-state index in [0.29, 0.717) is 18.4 Å². The van der Waals surface area contributed by atoms with Gasteiger partial charge >= 0.3 is 0 Å². The molecule has 0 aromatic carbocycles.